The van der Waals surface area contributed by atoms with Gasteiger partial charge < -0.3 is 5.32 Å². The lowest BCUT2D eigenvalue weighted by Crippen LogP contribution is -2.47. The third-order valence-corrected chi connectivity index (χ3v) is 4.98. The lowest BCUT2D eigenvalue weighted by Gasteiger charge is -2.35. The van der Waals surface area contributed by atoms with E-state index in [-0.39, 0.29) is 12.8 Å². The molecule has 160 valence electrons. The Morgan fingerprint density at radius 2 is 1.50 bits per heavy atom. The highest BCUT2D eigenvalue weighted by Gasteiger charge is 2.44. The summed E-state index contributed by atoms with van der Waals surface area (Å²) in [6, 6.07) is 8.55. The molecule has 0 amide bonds. The molecule has 2 aromatic rings. The molecule has 1 N–H and O–H groups in total. The zero-order valence-electron chi connectivity index (χ0n) is 15.4. The molecule has 0 bridgehead atoms. The fraction of sp³-hybridized carbons (Fsp3) is 0.286. The topological polar surface area (TPSA) is 29.1 Å². The zero-order valence-corrected chi connectivity index (χ0v) is 15.4. The van der Waals surface area contributed by atoms with E-state index in [4.69, 9.17) is 0 Å². The standard InChI is InChI=1S/C21H16F7NO/c22-15-14(21(26,27)28)16(23)18(25)19(17(15)24)29-20(10-5-4-8-13(20)30)11-9-12-6-2-1-3-7-12/h1-3,6-7,9,11,29H,4-5,8,10H2/b11-9+/t20-/m1/s1. The number of benzene rings is 2. The molecule has 9 heteroatoms. The molecule has 0 spiro atoms. The van der Waals surface area contributed by atoms with Crippen molar-refractivity contribution in [3.8, 4) is 0 Å². The summed E-state index contributed by atoms with van der Waals surface area (Å²) in [7, 11) is 0. The van der Waals surface area contributed by atoms with Gasteiger partial charge in [0.1, 0.15) is 16.8 Å². The number of alkyl halides is 3. The first-order chi connectivity index (χ1) is 14.1. The number of nitrogens with one attached hydrogen (secondary N) is 1. The van der Waals surface area contributed by atoms with Crippen LogP contribution in [-0.2, 0) is 11.0 Å². The lowest BCUT2D eigenvalue weighted by atomic mass is 9.79. The van der Waals surface area contributed by atoms with Crippen LogP contribution in [0.25, 0.3) is 6.08 Å². The molecule has 1 aliphatic carbocycles. The van der Waals surface area contributed by atoms with E-state index in [2.05, 4.69) is 5.32 Å². The van der Waals surface area contributed by atoms with Crippen LogP contribution in [-0.4, -0.2) is 11.3 Å². The average Bonchev–Trinajstić information content (AvgIpc) is 2.70. The molecular formula is C21H16F7NO. The summed E-state index contributed by atoms with van der Waals surface area (Å²) in [6.07, 6.45) is -1.81. The first-order valence-corrected chi connectivity index (χ1v) is 9.06. The highest BCUT2D eigenvalue weighted by atomic mass is 19.4. The van der Waals surface area contributed by atoms with Crippen molar-refractivity contribution >= 4 is 17.5 Å². The minimum absolute atomic E-state index is 0.0287. The van der Waals surface area contributed by atoms with E-state index < -0.39 is 52.0 Å². The van der Waals surface area contributed by atoms with E-state index in [1.807, 2.05) is 0 Å². The molecule has 0 aliphatic heterocycles. The summed E-state index contributed by atoms with van der Waals surface area (Å²) in [5.74, 6) is -10.1. The Hall–Kier alpha value is -2.84. The predicted molar refractivity (Wildman–Crippen MR) is 96.6 cm³/mol. The Bertz CT molecular complexity index is 956. The monoisotopic (exact) mass is 431 g/mol. The fourth-order valence-corrected chi connectivity index (χ4v) is 3.42. The second-order valence-corrected chi connectivity index (χ2v) is 6.97. The fourth-order valence-electron chi connectivity index (χ4n) is 3.42. The van der Waals surface area contributed by atoms with Gasteiger partial charge in [-0.25, -0.2) is 17.6 Å². The van der Waals surface area contributed by atoms with Crippen molar-refractivity contribution in [1.82, 2.24) is 0 Å². The molecule has 1 fully saturated rings. The van der Waals surface area contributed by atoms with E-state index >= 15 is 0 Å². The van der Waals surface area contributed by atoms with Crippen LogP contribution in [0, 0.1) is 23.3 Å². The maximum Gasteiger partial charge on any atom is 0.422 e. The Morgan fingerprint density at radius 1 is 0.900 bits per heavy atom. The van der Waals surface area contributed by atoms with E-state index in [1.54, 1.807) is 30.3 Å². The maximum atomic E-state index is 14.4. The third-order valence-electron chi connectivity index (χ3n) is 4.98. The smallest absolute Gasteiger partial charge is 0.365 e. The van der Waals surface area contributed by atoms with Crippen molar-refractivity contribution in [3.63, 3.8) is 0 Å². The molecule has 3 rings (SSSR count). The summed E-state index contributed by atoms with van der Waals surface area (Å²) in [5.41, 5.74) is -5.20. The van der Waals surface area contributed by atoms with Crippen LogP contribution in [0.5, 0.6) is 0 Å². The van der Waals surface area contributed by atoms with Crippen molar-refractivity contribution in [1.29, 1.82) is 0 Å². The number of hydrogen-bond acceptors (Lipinski definition) is 2. The van der Waals surface area contributed by atoms with Crippen LogP contribution in [0.3, 0.4) is 0 Å². The van der Waals surface area contributed by atoms with Gasteiger partial charge in [-0.3, -0.25) is 4.79 Å². The number of anilines is 1. The molecule has 1 aliphatic rings. The Labute approximate surface area is 167 Å². The van der Waals surface area contributed by atoms with Gasteiger partial charge in [-0.05, 0) is 24.8 Å². The van der Waals surface area contributed by atoms with E-state index in [1.165, 1.54) is 12.2 Å². The van der Waals surface area contributed by atoms with Gasteiger partial charge >= 0.3 is 6.18 Å². The van der Waals surface area contributed by atoms with Crippen molar-refractivity contribution in [2.75, 3.05) is 5.32 Å². The molecule has 2 aromatic carbocycles. The minimum Gasteiger partial charge on any atom is -0.365 e. The van der Waals surface area contributed by atoms with E-state index in [0.717, 1.165) is 0 Å². The Kier molecular flexibility index (Phi) is 5.92. The van der Waals surface area contributed by atoms with Crippen molar-refractivity contribution in [3.05, 3.63) is 70.8 Å². The molecule has 1 atom stereocenters. The van der Waals surface area contributed by atoms with Crippen LogP contribution >= 0.6 is 0 Å². The lowest BCUT2D eigenvalue weighted by molar-refractivity contribution is -0.143. The highest BCUT2D eigenvalue weighted by Crippen LogP contribution is 2.40. The van der Waals surface area contributed by atoms with Crippen molar-refractivity contribution < 1.29 is 35.5 Å². The van der Waals surface area contributed by atoms with Gasteiger partial charge in [-0.15, -0.1) is 0 Å². The second-order valence-electron chi connectivity index (χ2n) is 6.97. The first kappa shape index (κ1) is 21.9. The van der Waals surface area contributed by atoms with Crippen molar-refractivity contribution in [2.45, 2.75) is 37.4 Å². The molecular weight excluding hydrogens is 415 g/mol. The molecule has 0 heterocycles. The number of halogens is 7. The molecule has 0 radical (unpaired) electrons. The van der Waals surface area contributed by atoms with Crippen LogP contribution in [0.1, 0.15) is 36.8 Å². The van der Waals surface area contributed by atoms with Gasteiger partial charge in [0.15, 0.2) is 29.1 Å². The zero-order chi connectivity index (χ0) is 22.1. The van der Waals surface area contributed by atoms with E-state index in [9.17, 15) is 35.5 Å². The van der Waals surface area contributed by atoms with Crippen LogP contribution in [0.15, 0.2) is 36.4 Å². The first-order valence-electron chi connectivity index (χ1n) is 9.06. The van der Waals surface area contributed by atoms with Gasteiger partial charge in [0, 0.05) is 6.42 Å². The largest absolute Gasteiger partial charge is 0.422 e. The Balaban J connectivity index is 2.10. The number of hydrogen-bond donors (Lipinski definition) is 1. The maximum absolute atomic E-state index is 14.4. The predicted octanol–water partition coefficient (Wildman–Crippen LogP) is 6.27. The highest BCUT2D eigenvalue weighted by molar-refractivity contribution is 5.95. The van der Waals surface area contributed by atoms with Gasteiger partial charge in [0.05, 0.1) is 0 Å². The van der Waals surface area contributed by atoms with Crippen LogP contribution in [0.2, 0.25) is 0 Å². The van der Waals surface area contributed by atoms with Crippen LogP contribution in [0.4, 0.5) is 36.4 Å². The minimum atomic E-state index is -5.64. The number of carbonyl (C=O) groups is 1. The van der Waals surface area contributed by atoms with Gasteiger partial charge in [-0.1, -0.05) is 42.5 Å². The number of rotatable bonds is 4. The molecule has 2 nitrogen and oxygen atoms in total. The molecule has 0 saturated heterocycles. The van der Waals surface area contributed by atoms with Gasteiger partial charge in [0.25, 0.3) is 0 Å². The van der Waals surface area contributed by atoms with Crippen LogP contribution < -0.4 is 5.32 Å². The quantitative estimate of drug-likeness (QED) is 0.457. The normalized spacial score (nSPS) is 20.0. The number of Topliss-reactive ketones (excluding diaryl/α,β-unsaturated/α-hetero) is 1. The van der Waals surface area contributed by atoms with Crippen molar-refractivity contribution in [2.24, 2.45) is 0 Å². The summed E-state index contributed by atoms with van der Waals surface area (Å²) in [5, 5.41) is 2.18. The SMILES string of the molecule is O=C1CCCC[C@]1(/C=C/c1ccccc1)Nc1c(F)c(F)c(C(F)(F)F)c(F)c1F. The van der Waals surface area contributed by atoms with E-state index in [0.29, 0.717) is 18.4 Å². The Morgan fingerprint density at radius 3 is 2.03 bits per heavy atom. The summed E-state index contributed by atoms with van der Waals surface area (Å²) < 4.78 is 95.1. The van der Waals surface area contributed by atoms with Gasteiger partial charge in [-0.2, -0.15) is 13.2 Å². The van der Waals surface area contributed by atoms with Gasteiger partial charge in [0.2, 0.25) is 0 Å². The molecule has 0 unspecified atom stereocenters. The molecule has 0 aromatic heterocycles. The molecule has 1 saturated carbocycles. The average molecular weight is 431 g/mol. The number of carbonyl (C=O) groups excluding carboxylic acids is 1. The summed E-state index contributed by atoms with van der Waals surface area (Å²) >= 11 is 0. The number of ketones is 1. The molecule has 30 heavy (non-hydrogen) atoms. The third kappa shape index (κ3) is 4.06. The second kappa shape index (κ2) is 8.12. The summed E-state index contributed by atoms with van der Waals surface area (Å²) in [4.78, 5) is 12.6. The summed E-state index contributed by atoms with van der Waals surface area (Å²) in [6.45, 7) is 0.